The van der Waals surface area contributed by atoms with E-state index in [1.54, 1.807) is 50.2 Å². The number of phenols is 1. The molecule has 3 aromatic rings. The number of benzene rings is 2. The van der Waals surface area contributed by atoms with Crippen molar-refractivity contribution in [1.82, 2.24) is 39.9 Å². The van der Waals surface area contributed by atoms with Gasteiger partial charge in [-0.25, -0.2) is 19.8 Å². The number of pyridine rings is 1. The molecule has 52 heavy (non-hydrogen) atoms. The van der Waals surface area contributed by atoms with E-state index in [0.717, 1.165) is 55.4 Å². The SMILES string of the molecule is C=CCN1CC(=O)N2C(Cc3ccc(O)cc3)C(=O)N(Cc3cccc(N4CC(N5CCN(C)C[C@@H]5C)C4)n3)CC2N1C(=O)NCc1ccccc1. The molecule has 7 rings (SSSR count). The van der Waals surface area contributed by atoms with Crippen LogP contribution in [0.2, 0.25) is 0 Å². The highest BCUT2D eigenvalue weighted by Crippen LogP contribution is 2.30. The Balaban J connectivity index is 1.13. The summed E-state index contributed by atoms with van der Waals surface area (Å²) in [7, 11) is 2.18. The standard InChI is InChI=1S/C39H49N9O4/c1-4-17-45-27-37(50)47-34(20-29-13-15-33(49)16-14-29)38(51)44(26-36(47)48(45)39(52)40-21-30-9-6-5-7-10-30)23-31-11-8-12-35(41-31)43-24-32(25-43)46-19-18-42(3)22-28(46)2/h4-16,28,32,34,36,49H,1,17-27H2,2-3H3,(H,40,52)/t28-,34?,36?/m0/s1. The van der Waals surface area contributed by atoms with Gasteiger partial charge >= 0.3 is 6.03 Å². The van der Waals surface area contributed by atoms with Crippen molar-refractivity contribution in [3.05, 3.63) is 102 Å². The number of hydrogen-bond donors (Lipinski definition) is 2. The van der Waals surface area contributed by atoms with E-state index in [-0.39, 0.29) is 56.2 Å². The van der Waals surface area contributed by atoms with Crippen LogP contribution in [0.25, 0.3) is 0 Å². The predicted octanol–water partition coefficient (Wildman–Crippen LogP) is 2.35. The van der Waals surface area contributed by atoms with E-state index >= 15 is 0 Å². The van der Waals surface area contributed by atoms with Gasteiger partial charge in [0.2, 0.25) is 11.8 Å². The number of phenolic OH excluding ortho intramolecular Hbond substituents is 1. The number of urea groups is 1. The van der Waals surface area contributed by atoms with E-state index in [1.165, 1.54) is 0 Å². The number of fused-ring (bicyclic) bond motifs is 1. The number of piperazine rings is 2. The van der Waals surface area contributed by atoms with Gasteiger partial charge in [0.15, 0.2) is 0 Å². The molecule has 0 aliphatic carbocycles. The zero-order valence-corrected chi connectivity index (χ0v) is 30.0. The van der Waals surface area contributed by atoms with Crippen LogP contribution in [-0.2, 0) is 29.1 Å². The van der Waals surface area contributed by atoms with Gasteiger partial charge in [-0.1, -0.05) is 54.6 Å². The third kappa shape index (κ3) is 7.48. The van der Waals surface area contributed by atoms with Gasteiger partial charge < -0.3 is 30.0 Å². The van der Waals surface area contributed by atoms with Gasteiger partial charge in [0.05, 0.1) is 25.3 Å². The molecular weight excluding hydrogens is 658 g/mol. The lowest BCUT2D eigenvalue weighted by molar-refractivity contribution is -0.189. The second kappa shape index (κ2) is 15.3. The zero-order valence-electron chi connectivity index (χ0n) is 30.0. The van der Waals surface area contributed by atoms with Gasteiger partial charge in [0.25, 0.3) is 0 Å². The summed E-state index contributed by atoms with van der Waals surface area (Å²) in [6.07, 6.45) is 1.13. The van der Waals surface area contributed by atoms with Gasteiger partial charge in [0, 0.05) is 64.3 Å². The van der Waals surface area contributed by atoms with Crippen molar-refractivity contribution in [2.75, 3.05) is 64.3 Å². The van der Waals surface area contributed by atoms with Crippen LogP contribution in [0, 0.1) is 0 Å². The minimum Gasteiger partial charge on any atom is -0.508 e. The number of hydrazine groups is 1. The molecule has 0 saturated carbocycles. The Morgan fingerprint density at radius 3 is 2.46 bits per heavy atom. The number of amides is 4. The van der Waals surface area contributed by atoms with Crippen molar-refractivity contribution in [3.8, 4) is 5.75 Å². The predicted molar refractivity (Wildman–Crippen MR) is 198 cm³/mol. The molecule has 4 aliphatic heterocycles. The lowest BCUT2D eigenvalue weighted by Crippen LogP contribution is -2.76. The van der Waals surface area contributed by atoms with E-state index in [4.69, 9.17) is 4.98 Å². The Morgan fingerprint density at radius 2 is 1.73 bits per heavy atom. The molecule has 1 aromatic heterocycles. The molecule has 13 heteroatoms. The number of anilines is 1. The third-order valence-electron chi connectivity index (χ3n) is 10.7. The molecule has 13 nitrogen and oxygen atoms in total. The van der Waals surface area contributed by atoms with Crippen LogP contribution in [0.1, 0.15) is 23.7 Å². The number of nitrogens with zero attached hydrogens (tertiary/aromatic N) is 8. The van der Waals surface area contributed by atoms with E-state index in [0.29, 0.717) is 18.6 Å². The Labute approximate surface area is 305 Å². The Morgan fingerprint density at radius 1 is 0.962 bits per heavy atom. The molecule has 0 radical (unpaired) electrons. The lowest BCUT2D eigenvalue weighted by Gasteiger charge is -2.55. The van der Waals surface area contributed by atoms with Crippen LogP contribution in [-0.4, -0.2) is 141 Å². The number of likely N-dealkylation sites (N-methyl/N-ethyl adjacent to an activating group) is 1. The Bertz CT molecular complexity index is 1750. The summed E-state index contributed by atoms with van der Waals surface area (Å²) in [5.41, 5.74) is 2.48. The highest BCUT2D eigenvalue weighted by molar-refractivity contribution is 5.91. The summed E-state index contributed by atoms with van der Waals surface area (Å²) < 4.78 is 0. The van der Waals surface area contributed by atoms with Gasteiger partial charge in [-0.15, -0.1) is 6.58 Å². The van der Waals surface area contributed by atoms with Gasteiger partial charge in [-0.3, -0.25) is 14.5 Å². The number of carbonyl (C=O) groups is 3. The van der Waals surface area contributed by atoms with Crippen molar-refractivity contribution in [3.63, 3.8) is 0 Å². The van der Waals surface area contributed by atoms with Gasteiger partial charge in [0.1, 0.15) is 23.8 Å². The molecule has 4 aliphatic rings. The lowest BCUT2D eigenvalue weighted by atomic mass is 9.98. The van der Waals surface area contributed by atoms with Crippen LogP contribution >= 0.6 is 0 Å². The second-order valence-electron chi connectivity index (χ2n) is 14.4. The highest BCUT2D eigenvalue weighted by Gasteiger charge is 2.51. The third-order valence-corrected chi connectivity index (χ3v) is 10.7. The van der Waals surface area contributed by atoms with Crippen LogP contribution in [0.5, 0.6) is 5.75 Å². The second-order valence-corrected chi connectivity index (χ2v) is 14.4. The fourth-order valence-corrected chi connectivity index (χ4v) is 8.03. The first-order valence-electron chi connectivity index (χ1n) is 18.2. The molecule has 0 spiro atoms. The normalized spacial score (nSPS) is 23.4. The molecule has 4 saturated heterocycles. The maximum Gasteiger partial charge on any atom is 0.334 e. The van der Waals surface area contributed by atoms with Crippen molar-refractivity contribution >= 4 is 23.7 Å². The minimum atomic E-state index is -0.865. The molecule has 274 valence electrons. The van der Waals surface area contributed by atoms with Crippen molar-refractivity contribution < 1.29 is 19.5 Å². The van der Waals surface area contributed by atoms with Crippen LogP contribution in [0.15, 0.2) is 85.5 Å². The monoisotopic (exact) mass is 707 g/mol. The molecule has 5 heterocycles. The topological polar surface area (TPSA) is 119 Å². The molecule has 0 bridgehead atoms. The van der Waals surface area contributed by atoms with Crippen molar-refractivity contribution in [1.29, 1.82) is 0 Å². The Hall–Kier alpha value is -4.98. The summed E-state index contributed by atoms with van der Waals surface area (Å²) in [4.78, 5) is 58.0. The minimum absolute atomic E-state index is 0.0754. The van der Waals surface area contributed by atoms with E-state index in [9.17, 15) is 19.5 Å². The molecule has 4 fully saturated rings. The fraction of sp³-hybridized carbons (Fsp3) is 0.436. The average molecular weight is 708 g/mol. The first-order valence-corrected chi connectivity index (χ1v) is 18.2. The zero-order chi connectivity index (χ0) is 36.4. The molecule has 2 N–H and O–H groups in total. The van der Waals surface area contributed by atoms with E-state index in [2.05, 4.69) is 40.6 Å². The summed E-state index contributed by atoms with van der Waals surface area (Å²) >= 11 is 0. The first-order chi connectivity index (χ1) is 25.2. The maximum atomic E-state index is 14.4. The van der Waals surface area contributed by atoms with E-state index < -0.39 is 12.2 Å². The number of carbonyl (C=O) groups excluding carboxylic acids is 3. The van der Waals surface area contributed by atoms with Crippen LogP contribution in [0.3, 0.4) is 0 Å². The van der Waals surface area contributed by atoms with Crippen molar-refractivity contribution in [2.24, 2.45) is 0 Å². The van der Waals surface area contributed by atoms with Gasteiger partial charge in [-0.05, 0) is 49.4 Å². The summed E-state index contributed by atoms with van der Waals surface area (Å²) in [5, 5.41) is 16.2. The number of hydrogen-bond acceptors (Lipinski definition) is 9. The molecular formula is C39H49N9O4. The number of aromatic hydroxyl groups is 1. The highest BCUT2D eigenvalue weighted by atomic mass is 16.3. The smallest absolute Gasteiger partial charge is 0.334 e. The summed E-state index contributed by atoms with van der Waals surface area (Å²) in [6, 6.07) is 22.0. The molecule has 2 unspecified atom stereocenters. The van der Waals surface area contributed by atoms with Crippen molar-refractivity contribution in [2.45, 2.75) is 50.7 Å². The quantitative estimate of drug-likeness (QED) is 0.307. The number of aromatic nitrogens is 1. The first kappa shape index (κ1) is 35.4. The average Bonchev–Trinajstić information content (AvgIpc) is 3.11. The molecule has 2 aromatic carbocycles. The molecule has 3 atom stereocenters. The number of rotatable bonds is 10. The van der Waals surface area contributed by atoms with Crippen LogP contribution < -0.4 is 10.2 Å². The largest absolute Gasteiger partial charge is 0.508 e. The van der Waals surface area contributed by atoms with E-state index in [1.807, 2.05) is 48.5 Å². The fourth-order valence-electron chi connectivity index (χ4n) is 8.03. The number of nitrogens with one attached hydrogen (secondary N) is 1. The molecule has 4 amide bonds. The van der Waals surface area contributed by atoms with Crippen LogP contribution in [0.4, 0.5) is 10.6 Å². The maximum absolute atomic E-state index is 14.4. The van der Waals surface area contributed by atoms with Gasteiger partial charge in [-0.2, -0.15) is 0 Å². The summed E-state index contributed by atoms with van der Waals surface area (Å²) in [6.45, 7) is 12.1. The summed E-state index contributed by atoms with van der Waals surface area (Å²) in [5.74, 6) is 0.554. The Kier molecular flexibility index (Phi) is 10.4.